The third kappa shape index (κ3) is 3.30. The number of rotatable bonds is 5. The fourth-order valence-electron chi connectivity index (χ4n) is 2.07. The largest absolute Gasteiger partial charge is 0.480 e. The highest BCUT2D eigenvalue weighted by Gasteiger charge is 2.20. The van der Waals surface area contributed by atoms with Gasteiger partial charge in [-0.05, 0) is 19.9 Å². The maximum Gasteiger partial charge on any atom is 0.323 e. The number of carbonyl (C=O) groups excluding carboxylic acids is 1. The molecule has 1 amide bonds. The van der Waals surface area contributed by atoms with Gasteiger partial charge in [-0.2, -0.15) is 0 Å². The molecule has 7 heteroatoms. The Balaban J connectivity index is 2.30. The molecule has 0 aliphatic carbocycles. The van der Waals surface area contributed by atoms with Crippen molar-refractivity contribution in [3.05, 3.63) is 28.3 Å². The highest BCUT2D eigenvalue weighted by molar-refractivity contribution is 7.09. The van der Waals surface area contributed by atoms with Crippen LogP contribution in [-0.2, 0) is 11.8 Å². The lowest BCUT2D eigenvalue weighted by atomic mass is 10.2. The number of hydrogen-bond acceptors (Lipinski definition) is 4. The quantitative estimate of drug-likeness (QED) is 0.916. The van der Waals surface area contributed by atoms with Crippen molar-refractivity contribution in [2.75, 3.05) is 13.1 Å². The van der Waals surface area contributed by atoms with Crippen LogP contribution >= 0.6 is 11.3 Å². The van der Waals surface area contributed by atoms with Crippen molar-refractivity contribution >= 4 is 23.2 Å². The van der Waals surface area contributed by atoms with Crippen LogP contribution in [0, 0.1) is 6.92 Å². The summed E-state index contributed by atoms with van der Waals surface area (Å²) in [5.41, 5.74) is 2.14. The molecule has 112 valence electrons. The Labute approximate surface area is 126 Å². The second-order valence-corrected chi connectivity index (χ2v) is 5.75. The summed E-state index contributed by atoms with van der Waals surface area (Å²) in [6.45, 7) is 3.73. The molecule has 0 aliphatic heterocycles. The Kier molecular flexibility index (Phi) is 4.42. The summed E-state index contributed by atoms with van der Waals surface area (Å²) in [5, 5.41) is 11.8. The highest BCUT2D eigenvalue weighted by Crippen LogP contribution is 2.24. The van der Waals surface area contributed by atoms with Crippen LogP contribution in [-0.4, -0.2) is 44.5 Å². The molecule has 0 saturated carbocycles. The van der Waals surface area contributed by atoms with E-state index in [1.165, 1.54) is 4.90 Å². The first-order chi connectivity index (χ1) is 9.92. The first-order valence-electron chi connectivity index (χ1n) is 6.52. The third-order valence-corrected chi connectivity index (χ3v) is 3.91. The zero-order valence-electron chi connectivity index (χ0n) is 12.2. The van der Waals surface area contributed by atoms with E-state index in [9.17, 15) is 9.59 Å². The zero-order chi connectivity index (χ0) is 15.6. The lowest BCUT2D eigenvalue weighted by molar-refractivity contribution is -0.137. The molecule has 21 heavy (non-hydrogen) atoms. The minimum absolute atomic E-state index is 0.291. The predicted octanol–water partition coefficient (Wildman–Crippen LogP) is 2.00. The molecule has 6 nitrogen and oxygen atoms in total. The number of nitrogens with zero attached hydrogens (tertiary/aromatic N) is 3. The molecule has 2 heterocycles. The SMILES string of the molecule is CCN(CC(=O)O)C(=O)c1cc(-c2csc(C)n2)cn1C. The van der Waals surface area contributed by atoms with Gasteiger partial charge in [0.25, 0.3) is 5.91 Å². The van der Waals surface area contributed by atoms with Crippen LogP contribution in [0.3, 0.4) is 0 Å². The van der Waals surface area contributed by atoms with Gasteiger partial charge in [0.05, 0.1) is 10.7 Å². The molecule has 0 saturated heterocycles. The summed E-state index contributed by atoms with van der Waals surface area (Å²) < 4.78 is 1.71. The van der Waals surface area contributed by atoms with Gasteiger partial charge >= 0.3 is 5.97 Å². The summed E-state index contributed by atoms with van der Waals surface area (Å²) in [5.74, 6) is -1.31. The lowest BCUT2D eigenvalue weighted by Crippen LogP contribution is -2.36. The maximum absolute atomic E-state index is 12.4. The lowest BCUT2D eigenvalue weighted by Gasteiger charge is -2.18. The maximum atomic E-state index is 12.4. The Morgan fingerprint density at radius 1 is 1.48 bits per heavy atom. The summed E-state index contributed by atoms with van der Waals surface area (Å²) in [6.07, 6.45) is 1.83. The fraction of sp³-hybridized carbons (Fsp3) is 0.357. The van der Waals surface area contributed by atoms with E-state index in [1.54, 1.807) is 35.9 Å². The molecule has 0 bridgehead atoms. The van der Waals surface area contributed by atoms with Crippen LogP contribution in [0.4, 0.5) is 0 Å². The minimum Gasteiger partial charge on any atom is -0.480 e. The van der Waals surface area contributed by atoms with E-state index >= 15 is 0 Å². The number of aromatic nitrogens is 2. The molecule has 0 radical (unpaired) electrons. The van der Waals surface area contributed by atoms with E-state index < -0.39 is 5.97 Å². The Hall–Kier alpha value is -2.15. The van der Waals surface area contributed by atoms with Gasteiger partial charge in [0.1, 0.15) is 12.2 Å². The van der Waals surface area contributed by atoms with Crippen molar-refractivity contribution in [1.29, 1.82) is 0 Å². The molecular formula is C14H17N3O3S. The normalized spacial score (nSPS) is 10.6. The molecule has 2 aromatic heterocycles. The number of hydrogen-bond donors (Lipinski definition) is 1. The van der Waals surface area contributed by atoms with E-state index in [2.05, 4.69) is 4.98 Å². The van der Waals surface area contributed by atoms with Gasteiger partial charge in [0.2, 0.25) is 0 Å². The molecule has 0 atom stereocenters. The molecule has 0 aromatic carbocycles. The summed E-state index contributed by atoms with van der Waals surface area (Å²) in [7, 11) is 1.77. The van der Waals surface area contributed by atoms with Crippen molar-refractivity contribution in [2.45, 2.75) is 13.8 Å². The third-order valence-electron chi connectivity index (χ3n) is 3.13. The van der Waals surface area contributed by atoms with Crippen LogP contribution in [0.2, 0.25) is 0 Å². The average Bonchev–Trinajstić information content (AvgIpc) is 3.01. The standard InChI is InChI=1S/C14H17N3O3S/c1-4-17(7-13(18)19)14(20)12-5-10(6-16(12)3)11-8-21-9(2)15-11/h5-6,8H,4,7H2,1-3H3,(H,18,19). The van der Waals surface area contributed by atoms with E-state index in [1.807, 2.05) is 18.5 Å². The van der Waals surface area contributed by atoms with Crippen LogP contribution in [0.1, 0.15) is 22.4 Å². The van der Waals surface area contributed by atoms with Gasteiger partial charge < -0.3 is 14.6 Å². The van der Waals surface area contributed by atoms with Crippen molar-refractivity contribution < 1.29 is 14.7 Å². The molecule has 0 fully saturated rings. The number of carbonyl (C=O) groups is 2. The second kappa shape index (κ2) is 6.09. The summed E-state index contributed by atoms with van der Waals surface area (Å²) in [6, 6.07) is 1.75. The Morgan fingerprint density at radius 3 is 2.71 bits per heavy atom. The van der Waals surface area contributed by atoms with Crippen molar-refractivity contribution in [2.24, 2.45) is 7.05 Å². The Morgan fingerprint density at radius 2 is 2.19 bits per heavy atom. The topological polar surface area (TPSA) is 75.4 Å². The van der Waals surface area contributed by atoms with Gasteiger partial charge in [0.15, 0.2) is 0 Å². The fourth-order valence-corrected chi connectivity index (χ4v) is 2.69. The van der Waals surface area contributed by atoms with Gasteiger partial charge in [-0.1, -0.05) is 0 Å². The van der Waals surface area contributed by atoms with Gasteiger partial charge in [-0.25, -0.2) is 4.98 Å². The van der Waals surface area contributed by atoms with E-state index in [4.69, 9.17) is 5.11 Å². The van der Waals surface area contributed by atoms with Crippen molar-refractivity contribution in [1.82, 2.24) is 14.5 Å². The highest BCUT2D eigenvalue weighted by atomic mass is 32.1. The molecular weight excluding hydrogens is 290 g/mol. The van der Waals surface area contributed by atoms with Gasteiger partial charge in [0, 0.05) is 30.7 Å². The van der Waals surface area contributed by atoms with Gasteiger partial charge in [-0.3, -0.25) is 9.59 Å². The van der Waals surface area contributed by atoms with Crippen LogP contribution in [0.15, 0.2) is 17.6 Å². The second-order valence-electron chi connectivity index (χ2n) is 4.69. The molecule has 0 unspecified atom stereocenters. The first kappa shape index (κ1) is 15.2. The molecule has 1 N–H and O–H groups in total. The molecule has 2 aromatic rings. The number of thiazole rings is 1. The van der Waals surface area contributed by atoms with Crippen LogP contribution in [0.25, 0.3) is 11.3 Å². The number of carboxylic acid groups (broad SMARTS) is 1. The summed E-state index contributed by atoms with van der Waals surface area (Å²) >= 11 is 1.55. The number of likely N-dealkylation sites (N-methyl/N-ethyl adjacent to an activating group) is 1. The Bertz CT molecular complexity index is 675. The monoisotopic (exact) mass is 307 g/mol. The van der Waals surface area contributed by atoms with Crippen LogP contribution < -0.4 is 0 Å². The van der Waals surface area contributed by atoms with Gasteiger partial charge in [-0.15, -0.1) is 11.3 Å². The number of aryl methyl sites for hydroxylation is 2. The molecule has 0 aliphatic rings. The van der Waals surface area contributed by atoms with E-state index in [-0.39, 0.29) is 12.5 Å². The van der Waals surface area contributed by atoms with Crippen molar-refractivity contribution in [3.63, 3.8) is 0 Å². The van der Waals surface area contributed by atoms with Crippen LogP contribution in [0.5, 0.6) is 0 Å². The zero-order valence-corrected chi connectivity index (χ0v) is 13.0. The molecule has 0 spiro atoms. The summed E-state index contributed by atoms with van der Waals surface area (Å²) in [4.78, 5) is 28.9. The minimum atomic E-state index is -1.02. The van der Waals surface area contributed by atoms with E-state index in [0.29, 0.717) is 12.2 Å². The predicted molar refractivity (Wildman–Crippen MR) is 80.5 cm³/mol. The average molecular weight is 307 g/mol. The number of amides is 1. The molecule has 2 rings (SSSR count). The van der Waals surface area contributed by atoms with Crippen molar-refractivity contribution in [3.8, 4) is 11.3 Å². The number of carboxylic acids is 1. The number of aliphatic carboxylic acids is 1. The van der Waals surface area contributed by atoms with E-state index in [0.717, 1.165) is 16.3 Å². The first-order valence-corrected chi connectivity index (χ1v) is 7.40. The smallest absolute Gasteiger partial charge is 0.323 e.